The van der Waals surface area contributed by atoms with Crippen LogP contribution in [0.3, 0.4) is 0 Å². The SMILES string of the molecule is NCCc1cc2c(cc1Cl)OC1(CCCC1)O2. The van der Waals surface area contributed by atoms with Gasteiger partial charge in [-0.2, -0.15) is 0 Å². The molecule has 1 aliphatic carbocycles. The van der Waals surface area contributed by atoms with Crippen LogP contribution in [0.2, 0.25) is 5.02 Å². The van der Waals surface area contributed by atoms with Crippen LogP contribution in [0, 0.1) is 0 Å². The van der Waals surface area contributed by atoms with Gasteiger partial charge in [-0.25, -0.2) is 0 Å². The fourth-order valence-electron chi connectivity index (χ4n) is 2.62. The lowest BCUT2D eigenvalue weighted by Gasteiger charge is -2.21. The monoisotopic (exact) mass is 253 g/mol. The summed E-state index contributed by atoms with van der Waals surface area (Å²) in [7, 11) is 0. The van der Waals surface area contributed by atoms with Crippen LogP contribution in [-0.4, -0.2) is 12.3 Å². The Kier molecular flexibility index (Phi) is 2.68. The van der Waals surface area contributed by atoms with Crippen LogP contribution in [0.25, 0.3) is 0 Å². The highest BCUT2D eigenvalue weighted by Gasteiger charge is 2.44. The van der Waals surface area contributed by atoms with E-state index in [2.05, 4.69) is 0 Å². The summed E-state index contributed by atoms with van der Waals surface area (Å²) in [5, 5.41) is 0.716. The molecule has 1 aromatic rings. The van der Waals surface area contributed by atoms with Gasteiger partial charge in [0.25, 0.3) is 5.79 Å². The molecule has 1 aromatic carbocycles. The Bertz CT molecular complexity index is 441. The highest BCUT2D eigenvalue weighted by Crippen LogP contribution is 2.48. The molecule has 0 radical (unpaired) electrons. The molecule has 4 heteroatoms. The molecule has 92 valence electrons. The molecule has 0 atom stereocenters. The van der Waals surface area contributed by atoms with E-state index in [-0.39, 0.29) is 0 Å². The standard InChI is InChI=1S/C13H16ClNO2/c14-10-8-12-11(7-9(10)3-6-15)16-13(17-12)4-1-2-5-13/h7-8H,1-6,15H2. The maximum absolute atomic E-state index is 6.19. The number of halogens is 1. The van der Waals surface area contributed by atoms with E-state index in [1.54, 1.807) is 0 Å². The fourth-order valence-corrected chi connectivity index (χ4v) is 2.87. The van der Waals surface area contributed by atoms with E-state index in [9.17, 15) is 0 Å². The molecule has 3 rings (SSSR count). The third-order valence-corrected chi connectivity index (χ3v) is 3.84. The first kappa shape index (κ1) is 11.2. The second kappa shape index (κ2) is 4.07. The first-order chi connectivity index (χ1) is 8.22. The van der Waals surface area contributed by atoms with Crippen molar-refractivity contribution in [1.82, 2.24) is 0 Å². The van der Waals surface area contributed by atoms with E-state index in [0.29, 0.717) is 11.6 Å². The third-order valence-electron chi connectivity index (χ3n) is 3.48. The minimum atomic E-state index is -0.410. The van der Waals surface area contributed by atoms with Gasteiger partial charge in [0.1, 0.15) is 0 Å². The smallest absolute Gasteiger partial charge is 0.251 e. The van der Waals surface area contributed by atoms with Crippen molar-refractivity contribution in [2.75, 3.05) is 6.54 Å². The molecule has 2 N–H and O–H groups in total. The normalized spacial score (nSPS) is 20.1. The van der Waals surface area contributed by atoms with Crippen molar-refractivity contribution in [3.8, 4) is 11.5 Å². The van der Waals surface area contributed by atoms with Gasteiger partial charge < -0.3 is 15.2 Å². The van der Waals surface area contributed by atoms with E-state index in [1.807, 2.05) is 12.1 Å². The Hall–Kier alpha value is -0.930. The molecule has 1 spiro atoms. The van der Waals surface area contributed by atoms with Gasteiger partial charge in [-0.05, 0) is 37.4 Å². The number of hydrogen-bond acceptors (Lipinski definition) is 3. The van der Waals surface area contributed by atoms with Crippen molar-refractivity contribution in [2.24, 2.45) is 5.73 Å². The minimum Gasteiger partial charge on any atom is -0.448 e. The Morgan fingerprint density at radius 2 is 1.82 bits per heavy atom. The lowest BCUT2D eigenvalue weighted by Crippen LogP contribution is -2.34. The molecule has 1 fully saturated rings. The van der Waals surface area contributed by atoms with Crippen LogP contribution in [0.5, 0.6) is 11.5 Å². The molecule has 1 saturated carbocycles. The predicted molar refractivity (Wildman–Crippen MR) is 66.7 cm³/mol. The molecule has 1 heterocycles. The van der Waals surface area contributed by atoms with Crippen molar-refractivity contribution >= 4 is 11.6 Å². The average Bonchev–Trinajstić information content (AvgIpc) is 2.87. The van der Waals surface area contributed by atoms with E-state index in [4.69, 9.17) is 26.8 Å². The molecule has 0 saturated heterocycles. The highest BCUT2D eigenvalue weighted by atomic mass is 35.5. The Morgan fingerprint density at radius 1 is 1.18 bits per heavy atom. The summed E-state index contributed by atoms with van der Waals surface area (Å²) in [5.41, 5.74) is 6.59. The first-order valence-corrected chi connectivity index (χ1v) is 6.51. The minimum absolute atomic E-state index is 0.410. The average molecular weight is 254 g/mol. The Balaban J connectivity index is 1.92. The molecule has 2 aliphatic rings. The van der Waals surface area contributed by atoms with Crippen LogP contribution in [0.1, 0.15) is 31.2 Å². The third kappa shape index (κ3) is 1.87. The molecular weight excluding hydrogens is 238 g/mol. The zero-order chi connectivity index (χ0) is 11.9. The van der Waals surface area contributed by atoms with E-state index in [1.165, 1.54) is 0 Å². The summed E-state index contributed by atoms with van der Waals surface area (Å²) in [4.78, 5) is 0. The highest BCUT2D eigenvalue weighted by molar-refractivity contribution is 6.31. The second-order valence-electron chi connectivity index (χ2n) is 4.75. The lowest BCUT2D eigenvalue weighted by atomic mass is 10.1. The molecule has 0 aromatic heterocycles. The Morgan fingerprint density at radius 3 is 2.47 bits per heavy atom. The van der Waals surface area contributed by atoms with E-state index < -0.39 is 5.79 Å². The van der Waals surface area contributed by atoms with Gasteiger partial charge in [-0.15, -0.1) is 0 Å². The topological polar surface area (TPSA) is 44.5 Å². The van der Waals surface area contributed by atoms with Crippen molar-refractivity contribution in [3.05, 3.63) is 22.7 Å². The zero-order valence-electron chi connectivity index (χ0n) is 9.67. The molecule has 3 nitrogen and oxygen atoms in total. The van der Waals surface area contributed by atoms with E-state index in [0.717, 1.165) is 49.2 Å². The molecule has 0 amide bonds. The molecule has 0 unspecified atom stereocenters. The Labute approximate surface area is 106 Å². The van der Waals surface area contributed by atoms with Gasteiger partial charge in [0.15, 0.2) is 11.5 Å². The van der Waals surface area contributed by atoms with Crippen molar-refractivity contribution in [1.29, 1.82) is 0 Å². The zero-order valence-corrected chi connectivity index (χ0v) is 10.4. The summed E-state index contributed by atoms with van der Waals surface area (Å²) >= 11 is 6.19. The number of ether oxygens (including phenoxy) is 2. The largest absolute Gasteiger partial charge is 0.448 e. The maximum atomic E-state index is 6.19. The first-order valence-electron chi connectivity index (χ1n) is 6.13. The number of rotatable bonds is 2. The maximum Gasteiger partial charge on any atom is 0.251 e. The number of hydrogen-bond donors (Lipinski definition) is 1. The number of benzene rings is 1. The van der Waals surface area contributed by atoms with Crippen molar-refractivity contribution < 1.29 is 9.47 Å². The number of fused-ring (bicyclic) bond motifs is 1. The van der Waals surface area contributed by atoms with Crippen molar-refractivity contribution in [3.63, 3.8) is 0 Å². The predicted octanol–water partition coefficient (Wildman–Crippen LogP) is 2.88. The van der Waals surface area contributed by atoms with Crippen LogP contribution in [0.4, 0.5) is 0 Å². The van der Waals surface area contributed by atoms with Gasteiger partial charge in [-0.3, -0.25) is 0 Å². The second-order valence-corrected chi connectivity index (χ2v) is 5.16. The van der Waals surface area contributed by atoms with Gasteiger partial charge >= 0.3 is 0 Å². The lowest BCUT2D eigenvalue weighted by molar-refractivity contribution is -0.0716. The molecular formula is C13H16ClNO2. The quantitative estimate of drug-likeness (QED) is 0.882. The van der Waals surface area contributed by atoms with Crippen LogP contribution < -0.4 is 15.2 Å². The summed E-state index contributed by atoms with van der Waals surface area (Å²) in [6, 6.07) is 3.83. The summed E-state index contributed by atoms with van der Waals surface area (Å²) < 4.78 is 11.9. The van der Waals surface area contributed by atoms with Gasteiger partial charge in [-0.1, -0.05) is 11.6 Å². The fraction of sp³-hybridized carbons (Fsp3) is 0.538. The molecule has 1 aliphatic heterocycles. The van der Waals surface area contributed by atoms with Crippen LogP contribution in [0.15, 0.2) is 12.1 Å². The summed E-state index contributed by atoms with van der Waals surface area (Å²) in [6.45, 7) is 0.588. The molecule has 0 bridgehead atoms. The van der Waals surface area contributed by atoms with Gasteiger partial charge in [0.05, 0.1) is 0 Å². The van der Waals surface area contributed by atoms with Crippen LogP contribution in [-0.2, 0) is 6.42 Å². The van der Waals surface area contributed by atoms with Gasteiger partial charge in [0.2, 0.25) is 0 Å². The molecule has 17 heavy (non-hydrogen) atoms. The van der Waals surface area contributed by atoms with Crippen molar-refractivity contribution in [2.45, 2.75) is 37.9 Å². The summed E-state index contributed by atoms with van der Waals surface area (Å²) in [5.74, 6) is 1.19. The summed E-state index contributed by atoms with van der Waals surface area (Å²) in [6.07, 6.45) is 5.02. The van der Waals surface area contributed by atoms with Crippen LogP contribution >= 0.6 is 11.6 Å². The number of nitrogens with two attached hydrogens (primary N) is 1. The van der Waals surface area contributed by atoms with E-state index >= 15 is 0 Å². The van der Waals surface area contributed by atoms with Gasteiger partial charge in [0, 0.05) is 23.9 Å².